The van der Waals surface area contributed by atoms with Crippen LogP contribution in [0.15, 0.2) is 35.1 Å². The minimum Gasteiger partial charge on any atom is -0.487 e. The molecule has 0 saturated carbocycles. The summed E-state index contributed by atoms with van der Waals surface area (Å²) in [6, 6.07) is 8.31. The van der Waals surface area contributed by atoms with Crippen molar-refractivity contribution >= 4 is 21.7 Å². The summed E-state index contributed by atoms with van der Waals surface area (Å²) in [6.45, 7) is 1.61. The molecule has 2 aliphatic rings. The topological polar surface area (TPSA) is 58.5 Å². The first-order valence-electron chi connectivity index (χ1n) is 7.83. The first-order chi connectivity index (χ1) is 11.2. The van der Waals surface area contributed by atoms with Gasteiger partial charge in [-0.25, -0.2) is 9.97 Å². The van der Waals surface area contributed by atoms with Crippen molar-refractivity contribution in [2.45, 2.75) is 31.5 Å². The molecule has 0 atom stereocenters. The number of halogens is 1. The number of aliphatic hydroxyl groups is 1. The van der Waals surface area contributed by atoms with E-state index in [0.717, 1.165) is 43.9 Å². The van der Waals surface area contributed by atoms with Gasteiger partial charge in [-0.2, -0.15) is 0 Å². The van der Waals surface area contributed by atoms with Gasteiger partial charge in [-0.15, -0.1) is 0 Å². The van der Waals surface area contributed by atoms with Crippen molar-refractivity contribution in [3.63, 3.8) is 0 Å². The van der Waals surface area contributed by atoms with Gasteiger partial charge < -0.3 is 14.7 Å². The summed E-state index contributed by atoms with van der Waals surface area (Å²) in [4.78, 5) is 11.0. The van der Waals surface area contributed by atoms with Gasteiger partial charge >= 0.3 is 0 Å². The van der Waals surface area contributed by atoms with E-state index in [1.165, 1.54) is 5.56 Å². The average Bonchev–Trinajstić information content (AvgIpc) is 2.93. The lowest BCUT2D eigenvalue weighted by atomic mass is 9.87. The van der Waals surface area contributed by atoms with Gasteiger partial charge in [0, 0.05) is 32.4 Å². The number of hydrogen-bond donors (Lipinski definition) is 1. The molecule has 1 aromatic heterocycles. The fraction of sp³-hybridized carbons (Fsp3) is 0.412. The molecule has 3 heterocycles. The average molecular weight is 376 g/mol. The van der Waals surface area contributed by atoms with Crippen LogP contribution in [0.4, 0.5) is 5.82 Å². The number of piperidine rings is 1. The van der Waals surface area contributed by atoms with Crippen LogP contribution in [0.1, 0.15) is 24.1 Å². The number of para-hydroxylation sites is 1. The molecule has 1 N–H and O–H groups in total. The van der Waals surface area contributed by atoms with E-state index in [1.54, 1.807) is 6.20 Å². The van der Waals surface area contributed by atoms with Gasteiger partial charge in [0.15, 0.2) is 5.82 Å². The Hall–Kier alpha value is -1.66. The van der Waals surface area contributed by atoms with E-state index < -0.39 is 0 Å². The Bertz CT molecular complexity index is 703. The highest BCUT2D eigenvalue weighted by molar-refractivity contribution is 9.10. The van der Waals surface area contributed by atoms with Crippen LogP contribution in [0.5, 0.6) is 5.75 Å². The van der Waals surface area contributed by atoms with Crippen molar-refractivity contribution in [3.8, 4) is 5.75 Å². The maximum Gasteiger partial charge on any atom is 0.152 e. The molecule has 23 heavy (non-hydrogen) atoms. The molecular weight excluding hydrogens is 358 g/mol. The summed E-state index contributed by atoms with van der Waals surface area (Å²) in [5.41, 5.74) is 1.84. The summed E-state index contributed by atoms with van der Waals surface area (Å²) in [6.07, 6.45) is 4.56. The van der Waals surface area contributed by atoms with E-state index in [-0.39, 0.29) is 12.2 Å². The number of ether oxygens (including phenoxy) is 1. The zero-order chi connectivity index (χ0) is 15.9. The molecule has 2 aliphatic heterocycles. The number of anilines is 1. The maximum atomic E-state index is 9.52. The number of benzene rings is 1. The molecule has 4 rings (SSSR count). The first-order valence-corrected chi connectivity index (χ1v) is 8.63. The van der Waals surface area contributed by atoms with Gasteiger partial charge in [-0.3, -0.25) is 0 Å². The van der Waals surface area contributed by atoms with Gasteiger partial charge in [0.1, 0.15) is 21.6 Å². The van der Waals surface area contributed by atoms with Crippen LogP contribution in [-0.2, 0) is 13.0 Å². The van der Waals surface area contributed by atoms with Crippen molar-refractivity contribution in [1.29, 1.82) is 0 Å². The third-order valence-corrected chi connectivity index (χ3v) is 5.11. The second kappa shape index (κ2) is 5.76. The van der Waals surface area contributed by atoms with Gasteiger partial charge in [-0.1, -0.05) is 18.2 Å². The van der Waals surface area contributed by atoms with E-state index in [2.05, 4.69) is 49.0 Å². The smallest absolute Gasteiger partial charge is 0.152 e. The first kappa shape index (κ1) is 14.9. The van der Waals surface area contributed by atoms with E-state index in [1.807, 2.05) is 6.07 Å². The molecular formula is C17H18BrN3O2. The Balaban J connectivity index is 1.50. The predicted molar refractivity (Wildman–Crippen MR) is 90.6 cm³/mol. The molecule has 120 valence electrons. The van der Waals surface area contributed by atoms with E-state index in [9.17, 15) is 5.11 Å². The fourth-order valence-electron chi connectivity index (χ4n) is 3.54. The molecule has 1 saturated heterocycles. The van der Waals surface area contributed by atoms with Crippen molar-refractivity contribution in [3.05, 3.63) is 46.3 Å². The van der Waals surface area contributed by atoms with Gasteiger partial charge in [-0.05, 0) is 27.6 Å². The molecule has 6 heteroatoms. The Morgan fingerprint density at radius 1 is 1.26 bits per heavy atom. The number of fused-ring (bicyclic) bond motifs is 1. The summed E-state index contributed by atoms with van der Waals surface area (Å²) in [5, 5.41) is 9.52. The molecule has 0 amide bonds. The lowest BCUT2D eigenvalue weighted by molar-refractivity contribution is 0.0665. The van der Waals surface area contributed by atoms with Gasteiger partial charge in [0.2, 0.25) is 0 Å². The van der Waals surface area contributed by atoms with Crippen LogP contribution >= 0.6 is 15.9 Å². The Morgan fingerprint density at radius 2 is 2.04 bits per heavy atom. The van der Waals surface area contributed by atoms with Crippen molar-refractivity contribution in [1.82, 2.24) is 9.97 Å². The predicted octanol–water partition coefficient (Wildman–Crippen LogP) is 2.71. The zero-order valence-corrected chi connectivity index (χ0v) is 14.3. The maximum absolute atomic E-state index is 9.52. The Morgan fingerprint density at radius 3 is 2.78 bits per heavy atom. The number of nitrogens with zero attached hydrogens (tertiary/aromatic N) is 3. The standard InChI is InChI=1S/C17H18BrN3O2/c18-15-10-19-16(13(11-22)20-15)21-7-5-17(6-8-21)9-12-3-1-2-4-14(12)23-17/h1-4,10,22H,5-9,11H2. The molecule has 1 spiro atoms. The third-order valence-electron chi connectivity index (χ3n) is 4.73. The van der Waals surface area contributed by atoms with E-state index in [4.69, 9.17) is 4.74 Å². The molecule has 5 nitrogen and oxygen atoms in total. The molecule has 2 aromatic rings. The summed E-state index contributed by atoms with van der Waals surface area (Å²) < 4.78 is 6.92. The second-order valence-electron chi connectivity index (χ2n) is 6.18. The number of rotatable bonds is 2. The molecule has 0 aliphatic carbocycles. The molecule has 1 fully saturated rings. The highest BCUT2D eigenvalue weighted by Crippen LogP contribution is 2.41. The monoisotopic (exact) mass is 375 g/mol. The van der Waals surface area contributed by atoms with Crippen molar-refractivity contribution in [2.75, 3.05) is 18.0 Å². The van der Waals surface area contributed by atoms with Crippen molar-refractivity contribution < 1.29 is 9.84 Å². The molecule has 0 bridgehead atoms. The quantitative estimate of drug-likeness (QED) is 0.874. The Labute approximate surface area is 143 Å². The van der Waals surface area contributed by atoms with E-state index in [0.29, 0.717) is 10.3 Å². The van der Waals surface area contributed by atoms with E-state index >= 15 is 0 Å². The lowest BCUT2D eigenvalue weighted by Gasteiger charge is -2.39. The SMILES string of the molecule is OCc1nc(Br)cnc1N1CCC2(CC1)Cc1ccccc1O2. The number of hydrogen-bond acceptors (Lipinski definition) is 5. The molecule has 0 unspecified atom stereocenters. The van der Waals surface area contributed by atoms with Gasteiger partial charge in [0.05, 0.1) is 12.8 Å². The van der Waals surface area contributed by atoms with Crippen LogP contribution in [-0.4, -0.2) is 33.8 Å². The fourth-order valence-corrected chi connectivity index (χ4v) is 3.85. The van der Waals surface area contributed by atoms with Crippen LogP contribution < -0.4 is 9.64 Å². The zero-order valence-electron chi connectivity index (χ0n) is 12.7. The van der Waals surface area contributed by atoms with Crippen LogP contribution in [0.3, 0.4) is 0 Å². The van der Waals surface area contributed by atoms with Crippen LogP contribution in [0.2, 0.25) is 0 Å². The lowest BCUT2D eigenvalue weighted by Crippen LogP contribution is -2.48. The highest BCUT2D eigenvalue weighted by atomic mass is 79.9. The minimum absolute atomic E-state index is 0.0810. The summed E-state index contributed by atoms with van der Waals surface area (Å²) in [7, 11) is 0. The third kappa shape index (κ3) is 2.70. The molecule has 0 radical (unpaired) electrons. The minimum atomic E-state index is -0.106. The van der Waals surface area contributed by atoms with Crippen molar-refractivity contribution in [2.24, 2.45) is 0 Å². The Kier molecular flexibility index (Phi) is 3.73. The van der Waals surface area contributed by atoms with Crippen LogP contribution in [0, 0.1) is 0 Å². The van der Waals surface area contributed by atoms with Crippen LogP contribution in [0.25, 0.3) is 0 Å². The normalized spacial score (nSPS) is 18.8. The molecule has 1 aromatic carbocycles. The summed E-state index contributed by atoms with van der Waals surface area (Å²) >= 11 is 3.30. The summed E-state index contributed by atoms with van der Waals surface area (Å²) in [5.74, 6) is 1.81. The second-order valence-corrected chi connectivity index (χ2v) is 6.99. The largest absolute Gasteiger partial charge is 0.487 e. The highest BCUT2D eigenvalue weighted by Gasteiger charge is 2.42. The number of aromatic nitrogens is 2. The van der Waals surface area contributed by atoms with Gasteiger partial charge in [0.25, 0.3) is 0 Å². The number of aliphatic hydroxyl groups excluding tert-OH is 1.